The van der Waals surface area contributed by atoms with Gasteiger partial charge in [0, 0.05) is 44.3 Å². The summed E-state index contributed by atoms with van der Waals surface area (Å²) in [5.74, 6) is -0.368. The maximum atomic E-state index is 13.5. The van der Waals surface area contributed by atoms with E-state index in [9.17, 15) is 21.6 Å². The maximum absolute atomic E-state index is 13.5. The Morgan fingerprint density at radius 2 is 1.97 bits per heavy atom. The van der Waals surface area contributed by atoms with E-state index in [0.717, 1.165) is 17.8 Å². The third-order valence-electron chi connectivity index (χ3n) is 7.03. The lowest BCUT2D eigenvalue weighted by Crippen LogP contribution is -2.54. The summed E-state index contributed by atoms with van der Waals surface area (Å²) in [6.45, 7) is 12.6. The third kappa shape index (κ3) is 6.52. The average molecular weight is 552 g/mol. The normalized spacial score (nSPS) is 21.7. The fraction of sp³-hybridized carbons (Fsp3) is 0.783. The van der Waals surface area contributed by atoms with Gasteiger partial charge in [-0.05, 0) is 38.3 Å². The van der Waals surface area contributed by atoms with Crippen molar-refractivity contribution < 1.29 is 26.4 Å². The molecule has 12 heteroatoms. The number of carbonyl (C=O) groups is 1. The van der Waals surface area contributed by atoms with Crippen LogP contribution in [0, 0.1) is 11.8 Å². The van der Waals surface area contributed by atoms with Crippen LogP contribution in [-0.4, -0.2) is 65.8 Å². The van der Waals surface area contributed by atoms with Crippen molar-refractivity contribution in [2.75, 3.05) is 33.4 Å². The van der Waals surface area contributed by atoms with Crippen LogP contribution < -0.4 is 10.0 Å². The second-order valence-electron chi connectivity index (χ2n) is 9.46. The molecule has 0 radical (unpaired) electrons. The minimum absolute atomic E-state index is 0.0324. The highest BCUT2D eigenvalue weighted by Gasteiger charge is 2.43. The van der Waals surface area contributed by atoms with Crippen LogP contribution >= 0.6 is 11.3 Å². The number of thiophene rings is 1. The highest BCUT2D eigenvalue weighted by molar-refractivity contribution is 7.94. The lowest BCUT2D eigenvalue weighted by atomic mass is 9.80. The molecule has 1 aromatic rings. The monoisotopic (exact) mass is 551 g/mol. The third-order valence-corrected chi connectivity index (χ3v) is 12.6. The number of Topliss-reactive ketones (excluding diaryl/α,β-unsaturated/α-hetero) is 1. The highest BCUT2D eigenvalue weighted by atomic mass is 32.3. The molecule has 4 atom stereocenters. The number of sulfonamides is 2. The predicted octanol–water partition coefficient (Wildman–Crippen LogP) is 3.14. The van der Waals surface area contributed by atoms with Gasteiger partial charge in [0.2, 0.25) is 0 Å². The summed E-state index contributed by atoms with van der Waals surface area (Å²) in [5.41, 5.74) is -0.837. The number of hydrogen-bond acceptors (Lipinski definition) is 8. The second kappa shape index (κ2) is 12.1. The zero-order chi connectivity index (χ0) is 26.6. The molecular weight excluding hydrogens is 510 g/mol. The molecule has 2 unspecified atom stereocenters. The first-order valence-corrected chi connectivity index (χ1v) is 16.0. The van der Waals surface area contributed by atoms with E-state index < -0.39 is 25.6 Å². The zero-order valence-corrected chi connectivity index (χ0v) is 24.3. The van der Waals surface area contributed by atoms with Gasteiger partial charge >= 0.3 is 0 Å². The lowest BCUT2D eigenvalue weighted by molar-refractivity contribution is -0.129. The van der Waals surface area contributed by atoms with Crippen LogP contribution in [0.5, 0.6) is 0 Å². The molecular formula is C23H41N3O6S3. The molecule has 9 nitrogen and oxygen atoms in total. The Morgan fingerprint density at radius 3 is 2.51 bits per heavy atom. The van der Waals surface area contributed by atoms with Crippen LogP contribution in [0.25, 0.3) is 0 Å². The van der Waals surface area contributed by atoms with Crippen molar-refractivity contribution >= 4 is 37.2 Å². The van der Waals surface area contributed by atoms with E-state index in [4.69, 9.17) is 4.74 Å². The van der Waals surface area contributed by atoms with Gasteiger partial charge in [0.1, 0.15) is 8.42 Å². The van der Waals surface area contributed by atoms with E-state index in [1.807, 2.05) is 27.7 Å². The summed E-state index contributed by atoms with van der Waals surface area (Å²) in [6, 6.07) is 1.11. The maximum Gasteiger partial charge on any atom is 0.252 e. The lowest BCUT2D eigenvalue weighted by Gasteiger charge is -2.32. The molecule has 0 amide bonds. The number of nitrogens with zero attached hydrogens (tertiary/aromatic N) is 1. The van der Waals surface area contributed by atoms with E-state index >= 15 is 0 Å². The SMILES string of the molecule is CCN[C@H]1CN(CCCOC)S(=O)(=O)c2sc(S(=O)(=O)NC(C)(CC)C(=O)[C@H](C)C(C)CC)cc21. The first kappa shape index (κ1) is 30.3. The Kier molecular flexibility index (Phi) is 10.5. The Hall–Kier alpha value is -0.890. The Balaban J connectivity index is 2.45. The van der Waals surface area contributed by atoms with Gasteiger partial charge in [-0.3, -0.25) is 4.79 Å². The van der Waals surface area contributed by atoms with Crippen molar-refractivity contribution in [1.82, 2.24) is 14.3 Å². The smallest absolute Gasteiger partial charge is 0.252 e. The first-order chi connectivity index (χ1) is 16.3. The quantitative estimate of drug-likeness (QED) is 0.341. The molecule has 202 valence electrons. The van der Waals surface area contributed by atoms with Crippen LogP contribution in [0.15, 0.2) is 14.5 Å². The molecule has 0 fully saturated rings. The van der Waals surface area contributed by atoms with E-state index in [1.165, 1.54) is 10.4 Å². The topological polar surface area (TPSA) is 122 Å². The van der Waals surface area contributed by atoms with Crippen LogP contribution in [0.3, 0.4) is 0 Å². The zero-order valence-electron chi connectivity index (χ0n) is 21.9. The minimum Gasteiger partial charge on any atom is -0.385 e. The van der Waals surface area contributed by atoms with E-state index in [-0.39, 0.29) is 51.6 Å². The van der Waals surface area contributed by atoms with Crippen molar-refractivity contribution in [1.29, 1.82) is 0 Å². The standard InChI is InChI=1S/C23H41N3O6S3/c1-8-16(4)17(5)21(27)23(6,9-2)25-34(28,29)20-14-18-19(24-10-3)15-26(12-11-13-32-7)35(30,31)22(18)33-20/h14,16-17,19,24-25H,8-13,15H2,1-7H3/t16?,17-,19+,23?/m1/s1. The van der Waals surface area contributed by atoms with Gasteiger partial charge in [-0.15, -0.1) is 11.3 Å². The Bertz CT molecular complexity index is 1090. The highest BCUT2D eigenvalue weighted by Crippen LogP contribution is 2.40. The van der Waals surface area contributed by atoms with Gasteiger partial charge in [0.25, 0.3) is 20.0 Å². The summed E-state index contributed by atoms with van der Waals surface area (Å²) in [6.07, 6.45) is 1.62. The minimum atomic E-state index is -4.15. The molecule has 2 heterocycles. The number of nitrogens with one attached hydrogen (secondary N) is 2. The van der Waals surface area contributed by atoms with Crippen LogP contribution in [0.1, 0.15) is 72.4 Å². The van der Waals surface area contributed by atoms with E-state index in [2.05, 4.69) is 10.0 Å². The van der Waals surface area contributed by atoms with E-state index in [0.29, 0.717) is 25.1 Å². The van der Waals surface area contributed by atoms with Gasteiger partial charge in [-0.1, -0.05) is 41.0 Å². The van der Waals surface area contributed by atoms with Gasteiger partial charge in [0.05, 0.1) is 5.54 Å². The largest absolute Gasteiger partial charge is 0.385 e. The second-order valence-corrected chi connectivity index (χ2v) is 14.6. The Labute approximate surface area is 215 Å². The van der Waals surface area contributed by atoms with Crippen molar-refractivity contribution in [2.45, 2.75) is 80.8 Å². The van der Waals surface area contributed by atoms with Crippen molar-refractivity contribution in [3.63, 3.8) is 0 Å². The van der Waals surface area contributed by atoms with Crippen LogP contribution in [-0.2, 0) is 29.6 Å². The summed E-state index contributed by atoms with van der Waals surface area (Å²) in [7, 11) is -6.43. The molecule has 0 saturated carbocycles. The number of carbonyl (C=O) groups excluding carboxylic acids is 1. The number of fused-ring (bicyclic) bond motifs is 1. The molecule has 0 bridgehead atoms. The van der Waals surface area contributed by atoms with Crippen molar-refractivity contribution in [3.8, 4) is 0 Å². The number of methoxy groups -OCH3 is 1. The molecule has 2 N–H and O–H groups in total. The number of rotatable bonds is 14. The molecule has 2 rings (SSSR count). The first-order valence-electron chi connectivity index (χ1n) is 12.2. The summed E-state index contributed by atoms with van der Waals surface area (Å²) < 4.78 is 62.6. The Morgan fingerprint density at radius 1 is 1.31 bits per heavy atom. The van der Waals surface area contributed by atoms with Crippen LogP contribution in [0.4, 0.5) is 0 Å². The van der Waals surface area contributed by atoms with Gasteiger partial charge in [-0.25, -0.2) is 16.8 Å². The average Bonchev–Trinajstić information content (AvgIpc) is 3.28. The fourth-order valence-corrected chi connectivity index (χ4v) is 9.57. The predicted molar refractivity (Wildman–Crippen MR) is 139 cm³/mol. The van der Waals surface area contributed by atoms with Gasteiger partial charge in [-0.2, -0.15) is 9.03 Å². The van der Waals surface area contributed by atoms with Crippen LogP contribution in [0.2, 0.25) is 0 Å². The summed E-state index contributed by atoms with van der Waals surface area (Å²) in [5, 5.41) is 3.28. The molecule has 1 aliphatic rings. The molecule has 0 spiro atoms. The number of hydrogen-bond donors (Lipinski definition) is 2. The van der Waals surface area contributed by atoms with E-state index in [1.54, 1.807) is 21.0 Å². The molecule has 0 aliphatic carbocycles. The van der Waals surface area contributed by atoms with Crippen molar-refractivity contribution in [2.24, 2.45) is 11.8 Å². The molecule has 0 aromatic carbocycles. The number of ketones is 1. The van der Waals surface area contributed by atoms with Crippen molar-refractivity contribution in [3.05, 3.63) is 11.6 Å². The van der Waals surface area contributed by atoms with Gasteiger partial charge in [0.15, 0.2) is 5.78 Å². The molecule has 0 saturated heterocycles. The fourth-order valence-electron chi connectivity index (χ4n) is 4.24. The summed E-state index contributed by atoms with van der Waals surface area (Å²) >= 11 is 0.741. The molecule has 35 heavy (non-hydrogen) atoms. The molecule has 1 aliphatic heterocycles. The molecule has 1 aromatic heterocycles. The number of ether oxygens (including phenoxy) is 1. The van der Waals surface area contributed by atoms with Gasteiger partial charge < -0.3 is 10.1 Å². The number of likely N-dealkylation sites (N-methyl/N-ethyl adjacent to an activating group) is 1. The summed E-state index contributed by atoms with van der Waals surface area (Å²) in [4.78, 5) is 13.3.